The van der Waals surface area contributed by atoms with E-state index in [2.05, 4.69) is 24.3 Å². The van der Waals surface area contributed by atoms with Gasteiger partial charge >= 0.3 is 0 Å². The Labute approximate surface area is 199 Å². The van der Waals surface area contributed by atoms with Gasteiger partial charge in [0.15, 0.2) is 11.6 Å². The SMILES string of the molecule is O=C1/C=C/CCCCCC/C=C\CCCCCC/C=C/C(=O)CCCCCCCCCC1. The van der Waals surface area contributed by atoms with Crippen LogP contribution in [0.15, 0.2) is 36.5 Å². The van der Waals surface area contributed by atoms with Crippen molar-refractivity contribution in [2.45, 2.75) is 141 Å². The average molecular weight is 443 g/mol. The lowest BCUT2D eigenvalue weighted by molar-refractivity contribution is -0.115. The van der Waals surface area contributed by atoms with E-state index in [0.717, 1.165) is 38.5 Å². The zero-order valence-corrected chi connectivity index (χ0v) is 20.8. The van der Waals surface area contributed by atoms with E-state index in [-0.39, 0.29) is 0 Å². The number of carbonyl (C=O) groups excluding carboxylic acids is 2. The van der Waals surface area contributed by atoms with Gasteiger partial charge in [-0.15, -0.1) is 0 Å². The highest BCUT2D eigenvalue weighted by Gasteiger charge is 1.99. The maximum atomic E-state index is 11.9. The van der Waals surface area contributed by atoms with Crippen molar-refractivity contribution in [1.82, 2.24) is 0 Å². The Hall–Kier alpha value is -1.44. The van der Waals surface area contributed by atoms with Crippen LogP contribution in [0.2, 0.25) is 0 Å². The maximum Gasteiger partial charge on any atom is 0.155 e. The van der Waals surface area contributed by atoms with E-state index in [1.807, 2.05) is 12.2 Å². The lowest BCUT2D eigenvalue weighted by Crippen LogP contribution is -1.93. The smallest absolute Gasteiger partial charge is 0.155 e. The number of rotatable bonds is 0. The van der Waals surface area contributed by atoms with Gasteiger partial charge in [0.1, 0.15) is 0 Å². The second kappa shape index (κ2) is 22.7. The van der Waals surface area contributed by atoms with E-state index in [1.54, 1.807) is 0 Å². The summed E-state index contributed by atoms with van der Waals surface area (Å²) < 4.78 is 0. The summed E-state index contributed by atoms with van der Waals surface area (Å²) in [5.74, 6) is 0.599. The van der Waals surface area contributed by atoms with Gasteiger partial charge in [-0.25, -0.2) is 0 Å². The fourth-order valence-electron chi connectivity index (χ4n) is 4.25. The van der Waals surface area contributed by atoms with E-state index in [1.165, 1.54) is 89.9 Å². The first-order valence-electron chi connectivity index (χ1n) is 13.8. The molecule has 0 saturated heterocycles. The van der Waals surface area contributed by atoms with E-state index >= 15 is 0 Å². The molecule has 0 radical (unpaired) electrons. The zero-order chi connectivity index (χ0) is 23.0. The molecule has 0 amide bonds. The van der Waals surface area contributed by atoms with Crippen LogP contribution in [-0.4, -0.2) is 11.6 Å². The fraction of sp³-hybridized carbons (Fsp3) is 0.733. The molecule has 1 rings (SSSR count). The van der Waals surface area contributed by atoms with E-state index < -0.39 is 0 Å². The van der Waals surface area contributed by atoms with Crippen LogP contribution in [0.4, 0.5) is 0 Å². The summed E-state index contributed by atoms with van der Waals surface area (Å²) in [6.07, 6.45) is 37.9. The number of hydrogen-bond acceptors (Lipinski definition) is 2. The highest BCUT2D eigenvalue weighted by Crippen LogP contribution is 2.12. The third kappa shape index (κ3) is 20.5. The van der Waals surface area contributed by atoms with Crippen molar-refractivity contribution >= 4 is 11.6 Å². The summed E-state index contributed by atoms with van der Waals surface area (Å²) >= 11 is 0. The largest absolute Gasteiger partial charge is 0.295 e. The molecule has 0 aromatic rings. The Morgan fingerprint density at radius 1 is 0.344 bits per heavy atom. The Kier molecular flexibility index (Phi) is 20.3. The van der Waals surface area contributed by atoms with Crippen LogP contribution in [0.3, 0.4) is 0 Å². The minimum absolute atomic E-state index is 0.300. The number of carbonyl (C=O) groups is 2. The van der Waals surface area contributed by atoms with E-state index in [4.69, 9.17) is 0 Å². The first-order valence-corrected chi connectivity index (χ1v) is 13.8. The molecule has 0 atom stereocenters. The first-order chi connectivity index (χ1) is 15.8. The number of allylic oxidation sites excluding steroid dienone is 6. The van der Waals surface area contributed by atoms with Gasteiger partial charge in [-0.2, -0.15) is 0 Å². The molecule has 2 heteroatoms. The molecule has 0 spiro atoms. The van der Waals surface area contributed by atoms with Gasteiger partial charge in [0.25, 0.3) is 0 Å². The predicted molar refractivity (Wildman–Crippen MR) is 139 cm³/mol. The third-order valence-electron chi connectivity index (χ3n) is 6.35. The van der Waals surface area contributed by atoms with Gasteiger partial charge in [-0.1, -0.05) is 88.5 Å². The Balaban J connectivity index is 2.24. The molecule has 0 fully saturated rings. The van der Waals surface area contributed by atoms with Crippen LogP contribution in [-0.2, 0) is 9.59 Å². The Morgan fingerprint density at radius 3 is 1.00 bits per heavy atom. The molecule has 182 valence electrons. The molecule has 1 aliphatic carbocycles. The first kappa shape index (κ1) is 28.6. The average Bonchev–Trinajstić information content (AvgIpc) is 2.78. The molecule has 0 N–H and O–H groups in total. The van der Waals surface area contributed by atoms with Gasteiger partial charge in [0, 0.05) is 12.8 Å². The summed E-state index contributed by atoms with van der Waals surface area (Å²) in [7, 11) is 0. The van der Waals surface area contributed by atoms with Crippen LogP contribution in [0.25, 0.3) is 0 Å². The molecule has 0 saturated carbocycles. The van der Waals surface area contributed by atoms with Crippen LogP contribution in [0, 0.1) is 0 Å². The summed E-state index contributed by atoms with van der Waals surface area (Å²) in [5, 5.41) is 0. The monoisotopic (exact) mass is 442 g/mol. The lowest BCUT2D eigenvalue weighted by Gasteiger charge is -2.02. The summed E-state index contributed by atoms with van der Waals surface area (Å²) in [4.78, 5) is 23.9. The Morgan fingerprint density at radius 2 is 0.625 bits per heavy atom. The second-order valence-corrected chi connectivity index (χ2v) is 9.52. The predicted octanol–water partition coefficient (Wildman–Crippen LogP) is 9.39. The van der Waals surface area contributed by atoms with Gasteiger partial charge in [0.05, 0.1) is 0 Å². The van der Waals surface area contributed by atoms with Crippen molar-refractivity contribution in [1.29, 1.82) is 0 Å². The molecule has 0 aromatic carbocycles. The third-order valence-corrected chi connectivity index (χ3v) is 6.35. The molecular formula is C30H50O2. The topological polar surface area (TPSA) is 34.1 Å². The number of hydrogen-bond donors (Lipinski definition) is 0. The highest BCUT2D eigenvalue weighted by molar-refractivity contribution is 5.89. The van der Waals surface area contributed by atoms with Gasteiger partial charge in [0.2, 0.25) is 0 Å². The quantitative estimate of drug-likeness (QED) is 0.350. The summed E-state index contributed by atoms with van der Waals surface area (Å²) in [5.41, 5.74) is 0. The minimum Gasteiger partial charge on any atom is -0.295 e. The van der Waals surface area contributed by atoms with Crippen LogP contribution < -0.4 is 0 Å². The van der Waals surface area contributed by atoms with Crippen molar-refractivity contribution in [2.75, 3.05) is 0 Å². The van der Waals surface area contributed by atoms with Crippen molar-refractivity contribution in [3.8, 4) is 0 Å². The van der Waals surface area contributed by atoms with Gasteiger partial charge in [-0.3, -0.25) is 9.59 Å². The summed E-state index contributed by atoms with van der Waals surface area (Å²) in [6.45, 7) is 0. The zero-order valence-electron chi connectivity index (χ0n) is 20.8. The molecule has 0 aromatic heterocycles. The van der Waals surface area contributed by atoms with Crippen molar-refractivity contribution < 1.29 is 9.59 Å². The molecular weight excluding hydrogens is 392 g/mol. The molecule has 0 heterocycles. The van der Waals surface area contributed by atoms with Crippen molar-refractivity contribution in [2.24, 2.45) is 0 Å². The van der Waals surface area contributed by atoms with Gasteiger partial charge in [-0.05, 0) is 76.4 Å². The van der Waals surface area contributed by atoms with Crippen molar-refractivity contribution in [3.63, 3.8) is 0 Å². The molecule has 2 nitrogen and oxygen atoms in total. The minimum atomic E-state index is 0.300. The highest BCUT2D eigenvalue weighted by atomic mass is 16.1. The van der Waals surface area contributed by atoms with Crippen molar-refractivity contribution in [3.05, 3.63) is 36.5 Å². The molecule has 32 heavy (non-hydrogen) atoms. The molecule has 0 unspecified atom stereocenters. The molecule has 1 aliphatic rings. The van der Waals surface area contributed by atoms with Gasteiger partial charge < -0.3 is 0 Å². The second-order valence-electron chi connectivity index (χ2n) is 9.52. The summed E-state index contributed by atoms with van der Waals surface area (Å²) in [6, 6.07) is 0. The Bertz CT molecular complexity index is 493. The lowest BCUT2D eigenvalue weighted by atomic mass is 10.0. The maximum absolute atomic E-state index is 11.9. The standard InChI is InChI=1S/C30H50O2/c31-29-25-21-17-13-9-7-5-3-1-2-4-6-8-10-14-18-22-26-30(32)28-24-20-16-12-11-15-19-23-27-29/h1-2,21-22,25-26H,3-20,23-24,27-28H2/b2-1-,25-21+,26-22+. The van der Waals surface area contributed by atoms with E-state index in [9.17, 15) is 9.59 Å². The molecule has 0 bridgehead atoms. The fourth-order valence-corrected chi connectivity index (χ4v) is 4.25. The number of ketones is 2. The van der Waals surface area contributed by atoms with E-state index in [0.29, 0.717) is 24.4 Å². The van der Waals surface area contributed by atoms with Crippen LogP contribution >= 0.6 is 0 Å². The van der Waals surface area contributed by atoms with Crippen LogP contribution in [0.5, 0.6) is 0 Å². The normalized spacial score (nSPS) is 24.9. The molecule has 0 aliphatic heterocycles. The van der Waals surface area contributed by atoms with Crippen LogP contribution in [0.1, 0.15) is 141 Å².